The number of hydrogen-bond acceptors (Lipinski definition) is 5. The molecule has 0 aliphatic rings. The van der Waals surface area contributed by atoms with Crippen molar-refractivity contribution in [2.24, 2.45) is 14.1 Å². The monoisotopic (exact) mass is 425 g/mol. The van der Waals surface area contributed by atoms with E-state index in [2.05, 4.69) is 20.9 Å². The van der Waals surface area contributed by atoms with Gasteiger partial charge < -0.3 is 9.47 Å². The van der Waals surface area contributed by atoms with Gasteiger partial charge in [0.05, 0.1) is 16.7 Å². The molecule has 3 heterocycles. The van der Waals surface area contributed by atoms with E-state index in [9.17, 15) is 14.4 Å². The van der Waals surface area contributed by atoms with Crippen molar-refractivity contribution in [2.75, 3.05) is 7.05 Å². The molecular weight excluding hydrogens is 410 g/mol. The van der Waals surface area contributed by atoms with Crippen molar-refractivity contribution >= 4 is 44.3 Å². The Morgan fingerprint density at radius 2 is 2.04 bits per heavy atom. The Morgan fingerprint density at radius 3 is 2.68 bits per heavy atom. The predicted molar refractivity (Wildman–Crippen MR) is 98.7 cm³/mol. The van der Waals surface area contributed by atoms with Crippen molar-refractivity contribution in [3.8, 4) is 0 Å². The molecule has 3 rings (SSSR count). The Labute approximate surface area is 155 Å². The third-order valence-corrected chi connectivity index (χ3v) is 5.55. The number of likely N-dealkylation sites (N-methyl/N-ethyl adjacent to an activating group) is 1. The van der Waals surface area contributed by atoms with Crippen LogP contribution < -0.4 is 11.2 Å². The maximum atomic E-state index is 12.6. The lowest BCUT2D eigenvalue weighted by Crippen LogP contribution is -2.43. The number of nitrogens with zero attached hydrogens (tertiary/aromatic N) is 5. The summed E-state index contributed by atoms with van der Waals surface area (Å²) >= 11 is 4.91. The van der Waals surface area contributed by atoms with Crippen LogP contribution in [0.15, 0.2) is 31.8 Å². The van der Waals surface area contributed by atoms with E-state index in [1.807, 2.05) is 12.1 Å². The summed E-state index contributed by atoms with van der Waals surface area (Å²) in [4.78, 5) is 44.1. The smallest absolute Gasteiger partial charge is 0.332 e. The zero-order chi connectivity index (χ0) is 18.3. The molecule has 0 N–H and O–H groups in total. The molecule has 25 heavy (non-hydrogen) atoms. The van der Waals surface area contributed by atoms with Crippen LogP contribution in [0.5, 0.6) is 0 Å². The SMILES string of the molecule is CN(Cc1ccc(Br)s1)C(=O)Cn1c(=O)c2c(ncn2C)n(C)c1=O. The largest absolute Gasteiger partial charge is 0.339 e. The van der Waals surface area contributed by atoms with Gasteiger partial charge >= 0.3 is 5.69 Å². The van der Waals surface area contributed by atoms with E-state index in [0.29, 0.717) is 17.7 Å². The molecule has 0 aliphatic heterocycles. The first-order valence-corrected chi connectivity index (χ1v) is 8.99. The van der Waals surface area contributed by atoms with Crippen LogP contribution in [0.4, 0.5) is 0 Å². The maximum Gasteiger partial charge on any atom is 0.332 e. The fraction of sp³-hybridized carbons (Fsp3) is 0.333. The van der Waals surface area contributed by atoms with Crippen LogP contribution in [0.25, 0.3) is 11.2 Å². The highest BCUT2D eigenvalue weighted by Crippen LogP contribution is 2.23. The van der Waals surface area contributed by atoms with Crippen LogP contribution in [0.2, 0.25) is 0 Å². The van der Waals surface area contributed by atoms with E-state index in [1.54, 1.807) is 18.7 Å². The number of amides is 1. The van der Waals surface area contributed by atoms with E-state index in [1.165, 1.54) is 34.2 Å². The highest BCUT2D eigenvalue weighted by atomic mass is 79.9. The van der Waals surface area contributed by atoms with Crippen molar-refractivity contribution in [3.05, 3.63) is 48.0 Å². The van der Waals surface area contributed by atoms with Crippen molar-refractivity contribution in [2.45, 2.75) is 13.1 Å². The number of imidazole rings is 1. The van der Waals surface area contributed by atoms with Crippen molar-refractivity contribution in [1.29, 1.82) is 0 Å². The van der Waals surface area contributed by atoms with Crippen LogP contribution in [0.3, 0.4) is 0 Å². The van der Waals surface area contributed by atoms with Crippen LogP contribution in [-0.2, 0) is 32.0 Å². The minimum Gasteiger partial charge on any atom is -0.339 e. The summed E-state index contributed by atoms with van der Waals surface area (Å²) in [5.41, 5.74) is -0.478. The molecule has 0 spiro atoms. The van der Waals surface area contributed by atoms with Gasteiger partial charge in [-0.05, 0) is 28.1 Å². The van der Waals surface area contributed by atoms with Gasteiger partial charge in [-0.1, -0.05) is 0 Å². The zero-order valence-electron chi connectivity index (χ0n) is 13.9. The summed E-state index contributed by atoms with van der Waals surface area (Å²) in [5, 5.41) is 0. The first-order chi connectivity index (χ1) is 11.8. The van der Waals surface area contributed by atoms with Crippen molar-refractivity contribution in [1.82, 2.24) is 23.6 Å². The molecule has 0 bridgehead atoms. The molecule has 132 valence electrons. The molecule has 3 aromatic rings. The number of aromatic nitrogens is 4. The molecule has 0 saturated carbocycles. The Kier molecular flexibility index (Phi) is 4.65. The van der Waals surface area contributed by atoms with Gasteiger partial charge in [-0.15, -0.1) is 11.3 Å². The summed E-state index contributed by atoms with van der Waals surface area (Å²) < 4.78 is 4.76. The van der Waals surface area contributed by atoms with Gasteiger partial charge in [-0.2, -0.15) is 0 Å². The molecule has 10 heteroatoms. The number of rotatable bonds is 4. The molecule has 0 aromatic carbocycles. The summed E-state index contributed by atoms with van der Waals surface area (Å²) in [7, 11) is 4.85. The average Bonchev–Trinajstić information content (AvgIpc) is 3.15. The van der Waals surface area contributed by atoms with Crippen LogP contribution >= 0.6 is 27.3 Å². The second-order valence-corrected chi connectivity index (χ2v) is 8.26. The zero-order valence-corrected chi connectivity index (χ0v) is 16.3. The molecule has 0 radical (unpaired) electrons. The second kappa shape index (κ2) is 6.60. The number of aryl methyl sites for hydroxylation is 2. The average molecular weight is 426 g/mol. The Balaban J connectivity index is 1.92. The van der Waals surface area contributed by atoms with E-state index < -0.39 is 11.2 Å². The van der Waals surface area contributed by atoms with Crippen LogP contribution in [-0.4, -0.2) is 36.5 Å². The second-order valence-electron chi connectivity index (χ2n) is 5.72. The predicted octanol–water partition coefficient (Wildman–Crippen LogP) is 0.916. The minimum absolute atomic E-state index is 0.291. The number of hydrogen-bond donors (Lipinski definition) is 0. The fourth-order valence-electron chi connectivity index (χ4n) is 2.55. The van der Waals surface area contributed by atoms with Gasteiger partial charge in [0.15, 0.2) is 11.2 Å². The lowest BCUT2D eigenvalue weighted by atomic mass is 10.4. The van der Waals surface area contributed by atoms with Gasteiger partial charge in [0.2, 0.25) is 5.91 Å². The lowest BCUT2D eigenvalue weighted by Gasteiger charge is -2.17. The van der Waals surface area contributed by atoms with Crippen LogP contribution in [0, 0.1) is 0 Å². The highest BCUT2D eigenvalue weighted by molar-refractivity contribution is 9.11. The van der Waals surface area contributed by atoms with Crippen LogP contribution in [0.1, 0.15) is 4.88 Å². The highest BCUT2D eigenvalue weighted by Gasteiger charge is 2.19. The topological polar surface area (TPSA) is 82.1 Å². The Hall–Kier alpha value is -2.20. The third-order valence-electron chi connectivity index (χ3n) is 3.94. The number of thiophene rings is 1. The summed E-state index contributed by atoms with van der Waals surface area (Å²) in [5.74, 6) is -0.315. The van der Waals surface area contributed by atoms with E-state index in [4.69, 9.17) is 0 Å². The standard InChI is InChI=1S/C15H16BrN5O3S/c1-18(6-9-4-5-10(16)25-9)11(22)7-21-14(23)12-13(17-8-19(12)2)20(3)15(21)24/h4-5,8H,6-7H2,1-3H3. The first kappa shape index (κ1) is 17.6. The van der Waals surface area contributed by atoms with Gasteiger partial charge in [0.1, 0.15) is 6.54 Å². The molecule has 3 aromatic heterocycles. The first-order valence-electron chi connectivity index (χ1n) is 7.38. The maximum absolute atomic E-state index is 12.6. The molecule has 0 atom stereocenters. The molecule has 0 aliphatic carbocycles. The van der Waals surface area contributed by atoms with Crippen molar-refractivity contribution in [3.63, 3.8) is 0 Å². The van der Waals surface area contributed by atoms with Gasteiger partial charge in [0.25, 0.3) is 5.56 Å². The number of carbonyl (C=O) groups excluding carboxylic acids is 1. The van der Waals surface area contributed by atoms with Gasteiger partial charge in [-0.3, -0.25) is 14.2 Å². The Bertz CT molecular complexity index is 1080. The summed E-state index contributed by atoms with van der Waals surface area (Å²) in [6, 6.07) is 3.83. The number of carbonyl (C=O) groups is 1. The quantitative estimate of drug-likeness (QED) is 0.621. The molecule has 8 nitrogen and oxygen atoms in total. The van der Waals surface area contributed by atoms with E-state index in [-0.39, 0.29) is 12.5 Å². The summed E-state index contributed by atoms with van der Waals surface area (Å²) in [6.07, 6.45) is 1.47. The third kappa shape index (κ3) is 3.19. The van der Waals surface area contributed by atoms with E-state index in [0.717, 1.165) is 13.2 Å². The Morgan fingerprint density at radius 1 is 1.32 bits per heavy atom. The molecule has 0 fully saturated rings. The molecule has 0 saturated heterocycles. The molecule has 0 unspecified atom stereocenters. The minimum atomic E-state index is -0.559. The van der Waals surface area contributed by atoms with Gasteiger partial charge in [0, 0.05) is 26.0 Å². The fourth-order valence-corrected chi connectivity index (χ4v) is 4.09. The normalized spacial score (nSPS) is 11.2. The molecular formula is C15H16BrN5O3S. The summed E-state index contributed by atoms with van der Waals surface area (Å²) in [6.45, 7) is 0.105. The van der Waals surface area contributed by atoms with Gasteiger partial charge in [-0.25, -0.2) is 14.3 Å². The number of halogens is 1. The number of fused-ring (bicyclic) bond motifs is 1. The molecule has 1 amide bonds. The van der Waals surface area contributed by atoms with E-state index >= 15 is 0 Å². The lowest BCUT2D eigenvalue weighted by molar-refractivity contribution is -0.131. The van der Waals surface area contributed by atoms with Crippen molar-refractivity contribution < 1.29 is 4.79 Å².